The summed E-state index contributed by atoms with van der Waals surface area (Å²) < 4.78 is 17.9. The summed E-state index contributed by atoms with van der Waals surface area (Å²) in [5.74, 6) is 1.51. The van der Waals surface area contributed by atoms with Crippen molar-refractivity contribution in [3.8, 4) is 17.0 Å². The van der Waals surface area contributed by atoms with E-state index in [1.807, 2.05) is 6.20 Å². The first kappa shape index (κ1) is 29.6. The molecule has 0 bridgehead atoms. The Morgan fingerprint density at radius 3 is 2.03 bits per heavy atom. The summed E-state index contributed by atoms with van der Waals surface area (Å²) in [6.07, 6.45) is 20.7. The van der Waals surface area contributed by atoms with Gasteiger partial charge in [0.25, 0.3) is 0 Å². The molecule has 1 aromatic heterocycles. The molecule has 0 N–H and O–H groups in total. The van der Waals surface area contributed by atoms with E-state index < -0.39 is 0 Å². The molecule has 0 saturated carbocycles. The van der Waals surface area contributed by atoms with Gasteiger partial charge in [0.05, 0.1) is 25.5 Å². The second kappa shape index (κ2) is 18.4. The predicted octanol–water partition coefficient (Wildman–Crippen LogP) is 9.16. The van der Waals surface area contributed by atoms with E-state index in [1.54, 1.807) is 0 Å². The van der Waals surface area contributed by atoms with Crippen molar-refractivity contribution in [1.29, 1.82) is 0 Å². The molecule has 2 heterocycles. The zero-order chi connectivity index (χ0) is 26.0. The highest BCUT2D eigenvalue weighted by molar-refractivity contribution is 5.60. The maximum Gasteiger partial charge on any atom is 0.157 e. The van der Waals surface area contributed by atoms with Crippen LogP contribution in [0.4, 0.5) is 0 Å². The molecular weight excluding hydrogens is 458 g/mol. The standard InChI is InChI=1S/C33H51NO3/c1-3-5-7-9-11-13-15-29-26-36-33(37-27-29)23-17-28-16-22-32(34-25-28)30-18-20-31(21-19-30)35-24-14-12-10-8-6-4-2/h16,18-22,25,29,33H,3-15,17,23-24,26-27H2,1-2H3/t29-,33-. The second-order valence-electron chi connectivity index (χ2n) is 10.7. The zero-order valence-corrected chi connectivity index (χ0v) is 23.6. The van der Waals surface area contributed by atoms with Gasteiger partial charge in [-0.2, -0.15) is 0 Å². The fraction of sp³-hybridized carbons (Fsp3) is 0.667. The Bertz CT molecular complexity index is 812. The number of pyridine rings is 1. The SMILES string of the molecule is CCCCCCCCOc1ccc(-c2ccc(CC[C@H]3OC[C@H](CCCCCCCC)CO3)cn2)cc1. The first-order valence-corrected chi connectivity index (χ1v) is 15.2. The van der Waals surface area contributed by atoms with E-state index >= 15 is 0 Å². The molecule has 206 valence electrons. The molecule has 0 spiro atoms. The molecule has 1 aliphatic heterocycles. The van der Waals surface area contributed by atoms with Crippen LogP contribution in [0.2, 0.25) is 0 Å². The largest absolute Gasteiger partial charge is 0.494 e. The minimum Gasteiger partial charge on any atom is -0.494 e. The molecule has 1 fully saturated rings. The average molecular weight is 510 g/mol. The van der Waals surface area contributed by atoms with Crippen molar-refractivity contribution in [1.82, 2.24) is 4.98 Å². The van der Waals surface area contributed by atoms with Crippen LogP contribution in [0.5, 0.6) is 5.75 Å². The first-order chi connectivity index (χ1) is 18.3. The van der Waals surface area contributed by atoms with E-state index in [9.17, 15) is 0 Å². The van der Waals surface area contributed by atoms with Crippen molar-refractivity contribution >= 4 is 0 Å². The fourth-order valence-corrected chi connectivity index (χ4v) is 4.95. The first-order valence-electron chi connectivity index (χ1n) is 15.2. The molecule has 4 nitrogen and oxygen atoms in total. The number of hydrogen-bond donors (Lipinski definition) is 0. The van der Waals surface area contributed by atoms with Crippen LogP contribution in [0.3, 0.4) is 0 Å². The van der Waals surface area contributed by atoms with E-state index in [1.165, 1.54) is 82.6 Å². The molecule has 1 saturated heterocycles. The van der Waals surface area contributed by atoms with E-state index in [2.05, 4.69) is 50.2 Å². The van der Waals surface area contributed by atoms with Crippen molar-refractivity contribution in [3.05, 3.63) is 48.2 Å². The number of unbranched alkanes of at least 4 members (excludes halogenated alkanes) is 10. The Hall–Kier alpha value is -1.91. The normalized spacial score (nSPS) is 17.7. The Morgan fingerprint density at radius 2 is 1.38 bits per heavy atom. The van der Waals surface area contributed by atoms with Crippen LogP contribution in [0.15, 0.2) is 42.6 Å². The van der Waals surface area contributed by atoms with Gasteiger partial charge < -0.3 is 14.2 Å². The second-order valence-corrected chi connectivity index (χ2v) is 10.7. The summed E-state index contributed by atoms with van der Waals surface area (Å²) >= 11 is 0. The van der Waals surface area contributed by atoms with Crippen LogP contribution in [0.1, 0.15) is 109 Å². The number of ether oxygens (including phenoxy) is 3. The highest BCUT2D eigenvalue weighted by Crippen LogP contribution is 2.23. The molecule has 0 amide bonds. The van der Waals surface area contributed by atoms with Gasteiger partial charge in [-0.25, -0.2) is 0 Å². The monoisotopic (exact) mass is 509 g/mol. The third-order valence-electron chi connectivity index (χ3n) is 7.41. The third kappa shape index (κ3) is 12.0. The van der Waals surface area contributed by atoms with Gasteiger partial charge in [-0.3, -0.25) is 4.98 Å². The van der Waals surface area contributed by atoms with Gasteiger partial charge in [-0.15, -0.1) is 0 Å². The lowest BCUT2D eigenvalue weighted by molar-refractivity contribution is -0.203. The van der Waals surface area contributed by atoms with Gasteiger partial charge in [-0.1, -0.05) is 90.5 Å². The molecule has 1 aliphatic rings. The van der Waals surface area contributed by atoms with Gasteiger partial charge in [0, 0.05) is 24.1 Å². The van der Waals surface area contributed by atoms with Crippen molar-refractivity contribution in [2.75, 3.05) is 19.8 Å². The van der Waals surface area contributed by atoms with Crippen LogP contribution in [0, 0.1) is 5.92 Å². The summed E-state index contributed by atoms with van der Waals surface area (Å²) in [7, 11) is 0. The number of nitrogens with zero attached hydrogens (tertiary/aromatic N) is 1. The summed E-state index contributed by atoms with van der Waals surface area (Å²) in [6.45, 7) is 7.01. The van der Waals surface area contributed by atoms with E-state index in [-0.39, 0.29) is 6.29 Å². The van der Waals surface area contributed by atoms with Crippen LogP contribution in [-0.2, 0) is 15.9 Å². The fourth-order valence-electron chi connectivity index (χ4n) is 4.95. The highest BCUT2D eigenvalue weighted by atomic mass is 16.7. The quantitative estimate of drug-likeness (QED) is 0.177. The number of hydrogen-bond acceptors (Lipinski definition) is 4. The van der Waals surface area contributed by atoms with Crippen molar-refractivity contribution < 1.29 is 14.2 Å². The molecule has 0 atom stereocenters. The Balaban J connectivity index is 1.29. The maximum absolute atomic E-state index is 6.01. The van der Waals surface area contributed by atoms with E-state index in [4.69, 9.17) is 19.2 Å². The molecule has 0 aliphatic carbocycles. The predicted molar refractivity (Wildman–Crippen MR) is 154 cm³/mol. The van der Waals surface area contributed by atoms with Gasteiger partial charge >= 0.3 is 0 Å². The Labute approximate surface area is 226 Å². The lowest BCUT2D eigenvalue weighted by Gasteiger charge is -2.29. The molecule has 3 rings (SSSR count). The lowest BCUT2D eigenvalue weighted by Crippen LogP contribution is -2.32. The molecule has 0 unspecified atom stereocenters. The van der Waals surface area contributed by atoms with Crippen molar-refractivity contribution in [3.63, 3.8) is 0 Å². The van der Waals surface area contributed by atoms with Gasteiger partial charge in [0.2, 0.25) is 0 Å². The van der Waals surface area contributed by atoms with E-state index in [0.717, 1.165) is 56.1 Å². The van der Waals surface area contributed by atoms with Gasteiger partial charge in [0.15, 0.2) is 6.29 Å². The number of rotatable bonds is 19. The molecule has 37 heavy (non-hydrogen) atoms. The number of aryl methyl sites for hydroxylation is 1. The Kier molecular flexibility index (Phi) is 14.7. The van der Waals surface area contributed by atoms with Crippen molar-refractivity contribution in [2.24, 2.45) is 5.92 Å². The van der Waals surface area contributed by atoms with Crippen LogP contribution in [-0.4, -0.2) is 31.1 Å². The summed E-state index contributed by atoms with van der Waals surface area (Å²) in [6, 6.07) is 12.6. The summed E-state index contributed by atoms with van der Waals surface area (Å²) in [4.78, 5) is 4.70. The van der Waals surface area contributed by atoms with Crippen LogP contribution >= 0.6 is 0 Å². The summed E-state index contributed by atoms with van der Waals surface area (Å²) in [5.41, 5.74) is 3.34. The molecule has 2 aromatic rings. The Morgan fingerprint density at radius 1 is 0.730 bits per heavy atom. The molecule has 1 aromatic carbocycles. The maximum atomic E-state index is 6.01. The third-order valence-corrected chi connectivity index (χ3v) is 7.41. The smallest absolute Gasteiger partial charge is 0.157 e. The molecular formula is C33H51NO3. The molecule has 0 radical (unpaired) electrons. The van der Waals surface area contributed by atoms with Crippen molar-refractivity contribution in [2.45, 2.75) is 116 Å². The molecule has 4 heteroatoms. The minimum atomic E-state index is -0.0793. The zero-order valence-electron chi connectivity index (χ0n) is 23.6. The average Bonchev–Trinajstić information content (AvgIpc) is 2.94. The van der Waals surface area contributed by atoms with Crippen LogP contribution in [0.25, 0.3) is 11.3 Å². The van der Waals surface area contributed by atoms with E-state index in [0.29, 0.717) is 5.92 Å². The van der Waals surface area contributed by atoms with Gasteiger partial charge in [0.1, 0.15) is 5.75 Å². The minimum absolute atomic E-state index is 0.0793. The topological polar surface area (TPSA) is 40.6 Å². The number of aromatic nitrogens is 1. The van der Waals surface area contributed by atoms with Gasteiger partial charge in [-0.05, 0) is 55.2 Å². The summed E-state index contributed by atoms with van der Waals surface area (Å²) in [5, 5.41) is 0. The highest BCUT2D eigenvalue weighted by Gasteiger charge is 2.21. The number of benzene rings is 1. The van der Waals surface area contributed by atoms with Crippen LogP contribution < -0.4 is 4.74 Å². The lowest BCUT2D eigenvalue weighted by atomic mass is 10.0.